The van der Waals surface area contributed by atoms with Crippen LogP contribution in [0.4, 0.5) is 0 Å². The van der Waals surface area contributed by atoms with Gasteiger partial charge in [0.1, 0.15) is 11.6 Å². The van der Waals surface area contributed by atoms with E-state index in [4.69, 9.17) is 9.47 Å². The standard InChI is InChI=1S/C24H34N4O5/c1-6-28-13-17(22(29)16-11-20-21(12-19(16)28)33-14-32-20)23(30)26-18(10-15(2)3)24(31)25-8-7-9-27(4)5/h11-13,15,18H,6-10,14H2,1-5H3,(H,25,31)(H,26,30)/t18-/m1/s1. The molecule has 2 heterocycles. The highest BCUT2D eigenvalue weighted by Crippen LogP contribution is 2.35. The number of pyridine rings is 1. The number of fused-ring (bicyclic) bond motifs is 2. The van der Waals surface area contributed by atoms with Crippen LogP contribution >= 0.6 is 0 Å². The Balaban J connectivity index is 1.85. The summed E-state index contributed by atoms with van der Waals surface area (Å²) in [6.07, 6.45) is 2.83. The Hall–Kier alpha value is -3.07. The van der Waals surface area contributed by atoms with Gasteiger partial charge in [0, 0.05) is 25.4 Å². The second-order valence-corrected chi connectivity index (χ2v) is 8.98. The predicted molar refractivity (Wildman–Crippen MR) is 127 cm³/mol. The van der Waals surface area contributed by atoms with Gasteiger partial charge in [0.25, 0.3) is 5.91 Å². The summed E-state index contributed by atoms with van der Waals surface area (Å²) in [6, 6.07) is 2.65. The monoisotopic (exact) mass is 458 g/mol. The zero-order chi connectivity index (χ0) is 24.1. The third kappa shape index (κ3) is 5.84. The lowest BCUT2D eigenvalue weighted by atomic mass is 10.0. The summed E-state index contributed by atoms with van der Waals surface area (Å²) in [5.74, 6) is 0.442. The van der Waals surface area contributed by atoms with E-state index in [0.717, 1.165) is 13.0 Å². The topological polar surface area (TPSA) is 102 Å². The summed E-state index contributed by atoms with van der Waals surface area (Å²) >= 11 is 0. The molecule has 0 unspecified atom stereocenters. The molecule has 0 saturated heterocycles. The molecule has 3 rings (SSSR count). The van der Waals surface area contributed by atoms with Gasteiger partial charge >= 0.3 is 0 Å². The summed E-state index contributed by atoms with van der Waals surface area (Å²) in [7, 11) is 3.95. The molecule has 0 aliphatic carbocycles. The molecule has 2 aromatic rings. The fourth-order valence-electron chi connectivity index (χ4n) is 3.87. The average molecular weight is 459 g/mol. The molecule has 0 radical (unpaired) electrons. The van der Waals surface area contributed by atoms with Crippen molar-refractivity contribution in [3.63, 3.8) is 0 Å². The van der Waals surface area contributed by atoms with E-state index in [0.29, 0.717) is 41.9 Å². The van der Waals surface area contributed by atoms with Crippen molar-refractivity contribution in [1.82, 2.24) is 20.1 Å². The second kappa shape index (κ2) is 10.7. The Morgan fingerprint density at radius 2 is 1.88 bits per heavy atom. The van der Waals surface area contributed by atoms with Crippen molar-refractivity contribution in [1.29, 1.82) is 0 Å². The maximum Gasteiger partial charge on any atom is 0.257 e. The minimum Gasteiger partial charge on any atom is -0.454 e. The molecule has 0 bridgehead atoms. The molecule has 33 heavy (non-hydrogen) atoms. The van der Waals surface area contributed by atoms with Crippen LogP contribution in [-0.4, -0.2) is 61.3 Å². The summed E-state index contributed by atoms with van der Waals surface area (Å²) in [5.41, 5.74) is 0.262. The molecule has 2 N–H and O–H groups in total. The molecule has 0 spiro atoms. The molecule has 1 aliphatic heterocycles. The van der Waals surface area contributed by atoms with Crippen LogP contribution in [0.2, 0.25) is 0 Å². The van der Waals surface area contributed by atoms with E-state index in [9.17, 15) is 14.4 Å². The van der Waals surface area contributed by atoms with Gasteiger partial charge in [-0.25, -0.2) is 0 Å². The second-order valence-electron chi connectivity index (χ2n) is 8.98. The molecular weight excluding hydrogens is 424 g/mol. The van der Waals surface area contributed by atoms with E-state index in [1.807, 2.05) is 44.3 Å². The van der Waals surface area contributed by atoms with Gasteiger partial charge in [-0.05, 0) is 52.4 Å². The molecular formula is C24H34N4O5. The number of hydrogen-bond donors (Lipinski definition) is 2. The fourth-order valence-corrected chi connectivity index (χ4v) is 3.87. The summed E-state index contributed by atoms with van der Waals surface area (Å²) < 4.78 is 12.7. The third-order valence-electron chi connectivity index (χ3n) is 5.57. The van der Waals surface area contributed by atoms with E-state index >= 15 is 0 Å². The van der Waals surface area contributed by atoms with Crippen molar-refractivity contribution in [2.45, 2.75) is 46.2 Å². The maximum absolute atomic E-state index is 13.2. The number of amides is 2. The van der Waals surface area contributed by atoms with Crippen LogP contribution in [0.15, 0.2) is 23.1 Å². The molecule has 0 saturated carbocycles. The lowest BCUT2D eigenvalue weighted by Crippen LogP contribution is -2.48. The Morgan fingerprint density at radius 1 is 1.18 bits per heavy atom. The van der Waals surface area contributed by atoms with Gasteiger partial charge in [-0.2, -0.15) is 0 Å². The molecule has 1 atom stereocenters. The minimum absolute atomic E-state index is 0.00243. The first-order valence-corrected chi connectivity index (χ1v) is 11.4. The number of rotatable bonds is 10. The number of hydrogen-bond acceptors (Lipinski definition) is 6. The van der Waals surface area contributed by atoms with E-state index < -0.39 is 17.4 Å². The normalized spacial score (nSPS) is 13.5. The Labute approximate surface area is 194 Å². The first-order chi connectivity index (χ1) is 15.7. The third-order valence-corrected chi connectivity index (χ3v) is 5.57. The zero-order valence-corrected chi connectivity index (χ0v) is 20.1. The SMILES string of the molecule is CCn1cc(C(=O)N[C@H](CC(C)C)C(=O)NCCCN(C)C)c(=O)c2cc3c(cc21)OCO3. The molecule has 2 amide bonds. The summed E-state index contributed by atoms with van der Waals surface area (Å²) in [5, 5.41) is 6.07. The van der Waals surface area contributed by atoms with Crippen molar-refractivity contribution in [2.24, 2.45) is 5.92 Å². The van der Waals surface area contributed by atoms with E-state index in [1.165, 1.54) is 0 Å². The van der Waals surface area contributed by atoms with Gasteiger partial charge in [-0.15, -0.1) is 0 Å². The Kier molecular flexibility index (Phi) is 7.97. The van der Waals surface area contributed by atoms with Gasteiger partial charge < -0.3 is 29.6 Å². The number of ether oxygens (including phenoxy) is 2. The quantitative estimate of drug-likeness (QED) is 0.528. The van der Waals surface area contributed by atoms with Crippen LogP contribution in [0, 0.1) is 5.92 Å². The highest BCUT2D eigenvalue weighted by molar-refractivity contribution is 6.00. The van der Waals surface area contributed by atoms with Crippen LogP contribution in [0.1, 0.15) is 44.0 Å². The first-order valence-electron chi connectivity index (χ1n) is 11.4. The number of nitrogens with one attached hydrogen (secondary N) is 2. The number of aromatic nitrogens is 1. The highest BCUT2D eigenvalue weighted by Gasteiger charge is 2.25. The number of aryl methyl sites for hydroxylation is 1. The molecule has 1 aliphatic rings. The maximum atomic E-state index is 13.2. The van der Waals surface area contributed by atoms with E-state index in [1.54, 1.807) is 18.3 Å². The van der Waals surface area contributed by atoms with Gasteiger partial charge in [-0.1, -0.05) is 13.8 Å². The number of carbonyl (C=O) groups excluding carboxylic acids is 2. The first kappa shape index (κ1) is 24.6. The van der Waals surface area contributed by atoms with Crippen molar-refractivity contribution in [3.8, 4) is 11.5 Å². The van der Waals surface area contributed by atoms with Crippen LogP contribution in [-0.2, 0) is 11.3 Å². The van der Waals surface area contributed by atoms with Crippen molar-refractivity contribution >= 4 is 22.7 Å². The largest absolute Gasteiger partial charge is 0.454 e. The molecule has 180 valence electrons. The fraction of sp³-hybridized carbons (Fsp3) is 0.542. The van der Waals surface area contributed by atoms with Crippen LogP contribution in [0.25, 0.3) is 10.9 Å². The van der Waals surface area contributed by atoms with Crippen molar-refractivity contribution in [3.05, 3.63) is 34.1 Å². The summed E-state index contributed by atoms with van der Waals surface area (Å²) in [6.45, 7) is 7.93. The van der Waals surface area contributed by atoms with Gasteiger partial charge in [0.05, 0.1) is 10.9 Å². The molecule has 9 nitrogen and oxygen atoms in total. The van der Waals surface area contributed by atoms with Crippen LogP contribution in [0.5, 0.6) is 11.5 Å². The Morgan fingerprint density at radius 3 is 2.52 bits per heavy atom. The lowest BCUT2D eigenvalue weighted by Gasteiger charge is -2.21. The average Bonchev–Trinajstić information content (AvgIpc) is 3.22. The molecule has 0 fully saturated rings. The van der Waals surface area contributed by atoms with Gasteiger partial charge in [0.15, 0.2) is 11.5 Å². The predicted octanol–water partition coefficient (Wildman–Crippen LogP) is 1.96. The van der Waals surface area contributed by atoms with Crippen molar-refractivity contribution in [2.75, 3.05) is 34.0 Å². The van der Waals surface area contributed by atoms with E-state index in [2.05, 4.69) is 10.6 Å². The van der Waals surface area contributed by atoms with E-state index in [-0.39, 0.29) is 24.2 Å². The van der Waals surface area contributed by atoms with Crippen molar-refractivity contribution < 1.29 is 19.1 Å². The molecule has 1 aromatic carbocycles. The molecule has 9 heteroatoms. The number of carbonyl (C=O) groups is 2. The minimum atomic E-state index is -0.723. The van der Waals surface area contributed by atoms with Gasteiger partial charge in [-0.3, -0.25) is 14.4 Å². The number of nitrogens with zero attached hydrogens (tertiary/aromatic N) is 2. The zero-order valence-electron chi connectivity index (χ0n) is 20.1. The Bertz CT molecular complexity index is 1080. The lowest BCUT2D eigenvalue weighted by molar-refractivity contribution is -0.123. The highest BCUT2D eigenvalue weighted by atomic mass is 16.7. The molecule has 1 aromatic heterocycles. The smallest absolute Gasteiger partial charge is 0.257 e. The van der Waals surface area contributed by atoms with Gasteiger partial charge in [0.2, 0.25) is 18.1 Å². The summed E-state index contributed by atoms with van der Waals surface area (Å²) in [4.78, 5) is 41.2. The van der Waals surface area contributed by atoms with Crippen LogP contribution in [0.3, 0.4) is 0 Å². The van der Waals surface area contributed by atoms with Crippen LogP contribution < -0.4 is 25.5 Å². The number of benzene rings is 1.